The molecule has 0 bridgehead atoms. The first-order valence-electron chi connectivity index (χ1n) is 10.2. The zero-order valence-corrected chi connectivity index (χ0v) is 17.7. The van der Waals surface area contributed by atoms with Gasteiger partial charge >= 0.3 is 0 Å². The predicted octanol–water partition coefficient (Wildman–Crippen LogP) is 4.86. The van der Waals surface area contributed by atoms with Gasteiger partial charge in [-0.1, -0.05) is 60.1 Å². The molecule has 0 atom stereocenters. The summed E-state index contributed by atoms with van der Waals surface area (Å²) in [6.07, 6.45) is 1.16. The Balaban J connectivity index is 1.54. The Labute approximate surface area is 185 Å². The lowest BCUT2D eigenvalue weighted by atomic mass is 10.1. The van der Waals surface area contributed by atoms with E-state index in [4.69, 9.17) is 11.6 Å². The summed E-state index contributed by atoms with van der Waals surface area (Å²) in [5.41, 5.74) is 3.59. The molecule has 0 fully saturated rings. The zero-order chi connectivity index (χ0) is 21.6. The van der Waals surface area contributed by atoms with E-state index in [1.807, 2.05) is 42.5 Å². The van der Waals surface area contributed by atoms with Gasteiger partial charge in [-0.15, -0.1) is 0 Å². The average molecular weight is 432 g/mol. The van der Waals surface area contributed by atoms with Crippen LogP contribution in [0, 0.1) is 0 Å². The van der Waals surface area contributed by atoms with Crippen LogP contribution in [0.5, 0.6) is 0 Å². The van der Waals surface area contributed by atoms with Gasteiger partial charge in [0.25, 0.3) is 5.56 Å². The number of amides is 1. The molecule has 0 saturated carbocycles. The molecule has 0 spiro atoms. The van der Waals surface area contributed by atoms with Gasteiger partial charge in [-0.05, 0) is 42.3 Å². The number of rotatable bonds is 7. The van der Waals surface area contributed by atoms with Gasteiger partial charge in [0.05, 0.1) is 11.0 Å². The van der Waals surface area contributed by atoms with Crippen LogP contribution < -0.4 is 10.9 Å². The fourth-order valence-corrected chi connectivity index (χ4v) is 3.73. The number of aryl methyl sites for hydroxylation is 3. The molecule has 3 aromatic carbocycles. The van der Waals surface area contributed by atoms with Crippen molar-refractivity contribution < 1.29 is 4.79 Å². The Hall–Kier alpha value is -3.44. The number of carbonyl (C=O) groups is 1. The molecule has 31 heavy (non-hydrogen) atoms. The van der Waals surface area contributed by atoms with Crippen LogP contribution in [0.1, 0.15) is 17.7 Å². The number of hydrogen-bond acceptors (Lipinski definition) is 3. The van der Waals surface area contributed by atoms with E-state index in [-0.39, 0.29) is 24.3 Å². The molecule has 1 aromatic heterocycles. The molecule has 0 unspecified atom stereocenters. The molecule has 156 valence electrons. The molecule has 1 amide bonds. The van der Waals surface area contributed by atoms with Crippen LogP contribution in [0.15, 0.2) is 83.7 Å². The highest BCUT2D eigenvalue weighted by Crippen LogP contribution is 2.16. The molecule has 0 saturated heterocycles. The van der Waals surface area contributed by atoms with Crippen LogP contribution in [0.2, 0.25) is 5.02 Å². The molecule has 0 aliphatic rings. The number of aromatic nitrogens is 2. The highest BCUT2D eigenvalue weighted by molar-refractivity contribution is 6.30. The van der Waals surface area contributed by atoms with E-state index in [1.165, 1.54) is 0 Å². The van der Waals surface area contributed by atoms with E-state index in [0.717, 1.165) is 23.0 Å². The molecule has 4 aromatic rings. The van der Waals surface area contributed by atoms with Crippen LogP contribution in [-0.4, -0.2) is 15.5 Å². The summed E-state index contributed by atoms with van der Waals surface area (Å²) >= 11 is 5.96. The van der Waals surface area contributed by atoms with Gasteiger partial charge in [0.2, 0.25) is 5.91 Å². The molecular weight excluding hydrogens is 410 g/mol. The summed E-state index contributed by atoms with van der Waals surface area (Å²) in [6, 6.07) is 24.6. The summed E-state index contributed by atoms with van der Waals surface area (Å²) in [6.45, 7) is 0.549. The van der Waals surface area contributed by atoms with Crippen molar-refractivity contribution in [2.24, 2.45) is 0 Å². The van der Waals surface area contributed by atoms with Gasteiger partial charge in [-0.2, -0.15) is 0 Å². The number of nitrogens with zero attached hydrogens (tertiary/aromatic N) is 2. The highest BCUT2D eigenvalue weighted by Gasteiger charge is 2.13. The van der Waals surface area contributed by atoms with Crippen molar-refractivity contribution >= 4 is 34.2 Å². The Morgan fingerprint density at radius 2 is 1.71 bits per heavy atom. The van der Waals surface area contributed by atoms with E-state index in [2.05, 4.69) is 22.4 Å². The topological polar surface area (TPSA) is 64.0 Å². The lowest BCUT2D eigenvalue weighted by molar-refractivity contribution is -0.116. The lowest BCUT2D eigenvalue weighted by Gasteiger charge is -2.12. The number of benzene rings is 3. The first-order valence-corrected chi connectivity index (χ1v) is 10.6. The lowest BCUT2D eigenvalue weighted by Crippen LogP contribution is -2.27. The molecule has 4 rings (SSSR count). The maximum Gasteiger partial charge on any atom is 0.272 e. The van der Waals surface area contributed by atoms with E-state index in [0.29, 0.717) is 22.9 Å². The monoisotopic (exact) mass is 431 g/mol. The molecule has 6 heteroatoms. The third kappa shape index (κ3) is 5.19. The van der Waals surface area contributed by atoms with E-state index in [1.54, 1.807) is 28.8 Å². The number of hydrogen-bond donors (Lipinski definition) is 1. The van der Waals surface area contributed by atoms with Crippen LogP contribution in [0.25, 0.3) is 11.0 Å². The van der Waals surface area contributed by atoms with Crippen molar-refractivity contribution in [2.75, 3.05) is 5.32 Å². The minimum absolute atomic E-state index is 0.148. The van der Waals surface area contributed by atoms with Gasteiger partial charge in [0.1, 0.15) is 5.69 Å². The second-order valence-corrected chi connectivity index (χ2v) is 7.73. The van der Waals surface area contributed by atoms with Crippen LogP contribution in [0.4, 0.5) is 5.69 Å². The maximum atomic E-state index is 13.2. The Morgan fingerprint density at radius 1 is 0.935 bits per heavy atom. The van der Waals surface area contributed by atoms with Crippen molar-refractivity contribution in [3.63, 3.8) is 0 Å². The smallest absolute Gasteiger partial charge is 0.272 e. The Bertz CT molecular complexity index is 1270. The molecule has 1 N–H and O–H groups in total. The van der Waals surface area contributed by atoms with Crippen molar-refractivity contribution in [2.45, 2.75) is 25.8 Å². The number of para-hydroxylation sites is 2. The third-order valence-electron chi connectivity index (χ3n) is 5.08. The number of fused-ring (bicyclic) bond motifs is 1. The summed E-state index contributed by atoms with van der Waals surface area (Å²) in [5.74, 6) is -0.188. The number of carbonyl (C=O) groups excluding carboxylic acids is 1. The third-order valence-corrected chi connectivity index (χ3v) is 5.32. The second-order valence-electron chi connectivity index (χ2n) is 7.30. The van der Waals surface area contributed by atoms with Gasteiger partial charge in [-0.3, -0.25) is 9.59 Å². The summed E-state index contributed by atoms with van der Waals surface area (Å²) in [7, 11) is 0. The SMILES string of the molecule is O=C(CCc1nc2ccccc2n(CCc2ccccc2)c1=O)Nc1cccc(Cl)c1. The molecule has 1 heterocycles. The Kier molecular flexibility index (Phi) is 6.43. The number of halogens is 1. The largest absolute Gasteiger partial charge is 0.326 e. The van der Waals surface area contributed by atoms with Crippen LogP contribution in [-0.2, 0) is 24.2 Å². The quantitative estimate of drug-likeness (QED) is 0.454. The molecule has 0 aliphatic carbocycles. The van der Waals surface area contributed by atoms with Gasteiger partial charge < -0.3 is 9.88 Å². The predicted molar refractivity (Wildman–Crippen MR) is 125 cm³/mol. The van der Waals surface area contributed by atoms with Crippen LogP contribution in [0.3, 0.4) is 0 Å². The second kappa shape index (κ2) is 9.58. The summed E-state index contributed by atoms with van der Waals surface area (Å²) in [5, 5.41) is 3.36. The minimum atomic E-state index is -0.188. The minimum Gasteiger partial charge on any atom is -0.326 e. The van der Waals surface area contributed by atoms with Crippen molar-refractivity contribution in [3.8, 4) is 0 Å². The van der Waals surface area contributed by atoms with Gasteiger partial charge in [0, 0.05) is 30.1 Å². The van der Waals surface area contributed by atoms with E-state index >= 15 is 0 Å². The van der Waals surface area contributed by atoms with E-state index < -0.39 is 0 Å². The summed E-state index contributed by atoms with van der Waals surface area (Å²) in [4.78, 5) is 30.1. The van der Waals surface area contributed by atoms with Gasteiger partial charge in [0.15, 0.2) is 0 Å². The van der Waals surface area contributed by atoms with Crippen LogP contribution >= 0.6 is 11.6 Å². The molecule has 0 radical (unpaired) electrons. The van der Waals surface area contributed by atoms with Crippen molar-refractivity contribution in [1.82, 2.24) is 9.55 Å². The first-order chi connectivity index (χ1) is 15.1. The standard InChI is InChI=1S/C25H22ClN3O2/c26-19-9-6-10-20(17-19)27-24(30)14-13-22-25(31)29(16-15-18-7-2-1-3-8-18)23-12-5-4-11-21(23)28-22/h1-12,17H,13-16H2,(H,27,30). The summed E-state index contributed by atoms with van der Waals surface area (Å²) < 4.78 is 1.76. The van der Waals surface area contributed by atoms with Gasteiger partial charge in [-0.25, -0.2) is 4.98 Å². The zero-order valence-electron chi connectivity index (χ0n) is 16.9. The number of nitrogens with one attached hydrogen (secondary N) is 1. The molecule has 0 aliphatic heterocycles. The van der Waals surface area contributed by atoms with Crippen molar-refractivity contribution in [3.05, 3.63) is 105 Å². The fourth-order valence-electron chi connectivity index (χ4n) is 3.54. The number of anilines is 1. The fraction of sp³-hybridized carbons (Fsp3) is 0.160. The highest BCUT2D eigenvalue weighted by atomic mass is 35.5. The first kappa shape index (κ1) is 20.8. The molecule has 5 nitrogen and oxygen atoms in total. The van der Waals surface area contributed by atoms with Crippen molar-refractivity contribution in [1.29, 1.82) is 0 Å². The molecular formula is C25H22ClN3O2. The Morgan fingerprint density at radius 3 is 2.52 bits per heavy atom. The normalized spacial score (nSPS) is 10.9. The maximum absolute atomic E-state index is 13.2. The average Bonchev–Trinajstić information content (AvgIpc) is 2.78. The van der Waals surface area contributed by atoms with E-state index in [9.17, 15) is 9.59 Å².